The maximum absolute atomic E-state index is 11.8. The fourth-order valence-electron chi connectivity index (χ4n) is 1.10. The van der Waals surface area contributed by atoms with Crippen LogP contribution in [0.1, 0.15) is 26.7 Å². The Hall–Kier alpha value is -1.27. The standard InChI is InChI=1S/C10H16F3NO3/c1-6(7(2)9(16)17)8(15)14-5-3-4-10(11,12)13/h6-7H,3-5H2,1-2H3,(H,14,15)(H,16,17). The van der Waals surface area contributed by atoms with E-state index in [0.29, 0.717) is 0 Å². The average molecular weight is 255 g/mol. The second-order valence-corrected chi connectivity index (χ2v) is 3.93. The Morgan fingerprint density at radius 1 is 1.24 bits per heavy atom. The third-order valence-electron chi connectivity index (χ3n) is 2.49. The zero-order chi connectivity index (χ0) is 13.6. The summed E-state index contributed by atoms with van der Waals surface area (Å²) >= 11 is 0. The highest BCUT2D eigenvalue weighted by molar-refractivity contribution is 5.84. The molecule has 0 aromatic rings. The summed E-state index contributed by atoms with van der Waals surface area (Å²) in [7, 11) is 0. The molecule has 2 atom stereocenters. The van der Waals surface area contributed by atoms with Gasteiger partial charge >= 0.3 is 12.1 Å². The lowest BCUT2D eigenvalue weighted by Gasteiger charge is -2.15. The Morgan fingerprint density at radius 2 is 1.76 bits per heavy atom. The van der Waals surface area contributed by atoms with Crippen molar-refractivity contribution in [2.24, 2.45) is 11.8 Å². The molecule has 0 saturated carbocycles. The Bertz CT molecular complexity index is 278. The van der Waals surface area contributed by atoms with E-state index in [1.54, 1.807) is 0 Å². The van der Waals surface area contributed by atoms with Crippen LogP contribution in [-0.4, -0.2) is 29.7 Å². The van der Waals surface area contributed by atoms with Gasteiger partial charge in [0, 0.05) is 18.9 Å². The molecule has 2 N–H and O–H groups in total. The molecule has 1 amide bonds. The molecular formula is C10H16F3NO3. The quantitative estimate of drug-likeness (QED) is 0.711. The largest absolute Gasteiger partial charge is 0.481 e. The molecule has 0 aliphatic carbocycles. The Balaban J connectivity index is 3.91. The van der Waals surface area contributed by atoms with Crippen molar-refractivity contribution in [1.29, 1.82) is 0 Å². The first-order valence-electron chi connectivity index (χ1n) is 5.22. The van der Waals surface area contributed by atoms with Crippen LogP contribution < -0.4 is 5.32 Å². The van der Waals surface area contributed by atoms with Gasteiger partial charge in [0.15, 0.2) is 0 Å². The lowest BCUT2D eigenvalue weighted by atomic mass is 9.95. The molecule has 0 radical (unpaired) electrons. The van der Waals surface area contributed by atoms with Gasteiger partial charge in [-0.25, -0.2) is 0 Å². The van der Waals surface area contributed by atoms with Gasteiger partial charge in [0.25, 0.3) is 0 Å². The molecule has 0 aliphatic rings. The number of hydrogen-bond acceptors (Lipinski definition) is 2. The van der Waals surface area contributed by atoms with Crippen LogP contribution in [0, 0.1) is 11.8 Å². The predicted molar refractivity (Wildman–Crippen MR) is 54.3 cm³/mol. The molecule has 4 nitrogen and oxygen atoms in total. The molecular weight excluding hydrogens is 239 g/mol. The highest BCUT2D eigenvalue weighted by atomic mass is 19.4. The van der Waals surface area contributed by atoms with E-state index >= 15 is 0 Å². The van der Waals surface area contributed by atoms with E-state index < -0.39 is 36.3 Å². The van der Waals surface area contributed by atoms with Gasteiger partial charge in [0.1, 0.15) is 0 Å². The van der Waals surface area contributed by atoms with Crippen molar-refractivity contribution in [3.8, 4) is 0 Å². The summed E-state index contributed by atoms with van der Waals surface area (Å²) in [5, 5.41) is 10.9. The minimum Gasteiger partial charge on any atom is -0.481 e. The maximum atomic E-state index is 11.8. The van der Waals surface area contributed by atoms with Crippen LogP contribution in [0.3, 0.4) is 0 Å². The number of carboxylic acids is 1. The van der Waals surface area contributed by atoms with Crippen LogP contribution in [-0.2, 0) is 9.59 Å². The van der Waals surface area contributed by atoms with Crippen LogP contribution >= 0.6 is 0 Å². The van der Waals surface area contributed by atoms with E-state index in [-0.39, 0.29) is 13.0 Å². The fourth-order valence-corrected chi connectivity index (χ4v) is 1.10. The highest BCUT2D eigenvalue weighted by Gasteiger charge is 2.27. The number of amides is 1. The first-order chi connectivity index (χ1) is 7.65. The molecule has 0 aromatic carbocycles. The molecule has 0 saturated heterocycles. The number of hydrogen-bond donors (Lipinski definition) is 2. The van der Waals surface area contributed by atoms with E-state index in [4.69, 9.17) is 5.11 Å². The maximum Gasteiger partial charge on any atom is 0.389 e. The number of carbonyl (C=O) groups excluding carboxylic acids is 1. The Labute approximate surface area is 97.2 Å². The molecule has 0 bridgehead atoms. The van der Waals surface area contributed by atoms with Gasteiger partial charge < -0.3 is 10.4 Å². The molecule has 0 heterocycles. The lowest BCUT2D eigenvalue weighted by Crippen LogP contribution is -2.35. The summed E-state index contributed by atoms with van der Waals surface area (Å²) in [4.78, 5) is 21.9. The zero-order valence-corrected chi connectivity index (χ0v) is 9.67. The molecule has 0 aromatic heterocycles. The van der Waals surface area contributed by atoms with Gasteiger partial charge in [0.05, 0.1) is 5.92 Å². The average Bonchev–Trinajstić information content (AvgIpc) is 2.20. The van der Waals surface area contributed by atoms with Crippen LogP contribution in [0.2, 0.25) is 0 Å². The molecule has 2 unspecified atom stereocenters. The van der Waals surface area contributed by atoms with Crippen molar-refractivity contribution in [2.75, 3.05) is 6.54 Å². The fraction of sp³-hybridized carbons (Fsp3) is 0.800. The van der Waals surface area contributed by atoms with Crippen molar-refractivity contribution in [2.45, 2.75) is 32.9 Å². The number of alkyl halides is 3. The number of carboxylic acid groups (broad SMARTS) is 1. The third-order valence-corrected chi connectivity index (χ3v) is 2.49. The molecule has 0 fully saturated rings. The lowest BCUT2D eigenvalue weighted by molar-refractivity contribution is -0.146. The van der Waals surface area contributed by atoms with Gasteiger partial charge in [-0.3, -0.25) is 9.59 Å². The minimum absolute atomic E-state index is 0.102. The molecule has 0 aliphatic heterocycles. The van der Waals surface area contributed by atoms with Crippen LogP contribution in [0.5, 0.6) is 0 Å². The number of rotatable bonds is 6. The third kappa shape index (κ3) is 6.80. The topological polar surface area (TPSA) is 66.4 Å². The summed E-state index contributed by atoms with van der Waals surface area (Å²) in [6.07, 6.45) is -5.40. The molecule has 17 heavy (non-hydrogen) atoms. The van der Waals surface area contributed by atoms with E-state index in [1.807, 2.05) is 0 Å². The summed E-state index contributed by atoms with van der Waals surface area (Å²) in [6, 6.07) is 0. The molecule has 7 heteroatoms. The van der Waals surface area contributed by atoms with Crippen molar-refractivity contribution in [3.63, 3.8) is 0 Å². The van der Waals surface area contributed by atoms with Crippen LogP contribution in [0.15, 0.2) is 0 Å². The molecule has 100 valence electrons. The number of nitrogens with one attached hydrogen (secondary N) is 1. The summed E-state index contributed by atoms with van der Waals surface area (Å²) in [5.41, 5.74) is 0. The van der Waals surface area contributed by atoms with Gasteiger partial charge in [-0.2, -0.15) is 13.2 Å². The van der Waals surface area contributed by atoms with Crippen molar-refractivity contribution < 1.29 is 27.9 Å². The van der Waals surface area contributed by atoms with Gasteiger partial charge in [-0.1, -0.05) is 13.8 Å². The minimum atomic E-state index is -4.23. The Morgan fingerprint density at radius 3 is 2.18 bits per heavy atom. The van der Waals surface area contributed by atoms with E-state index in [9.17, 15) is 22.8 Å². The number of halogens is 3. The Kier molecular flexibility index (Phi) is 5.98. The normalized spacial score (nSPS) is 15.1. The van der Waals surface area contributed by atoms with E-state index in [2.05, 4.69) is 5.32 Å². The van der Waals surface area contributed by atoms with E-state index in [1.165, 1.54) is 13.8 Å². The van der Waals surface area contributed by atoms with Crippen molar-refractivity contribution in [1.82, 2.24) is 5.32 Å². The zero-order valence-electron chi connectivity index (χ0n) is 9.67. The predicted octanol–water partition coefficient (Wildman–Crippen LogP) is 1.80. The second kappa shape index (κ2) is 6.46. The summed E-state index contributed by atoms with van der Waals surface area (Å²) < 4.78 is 35.3. The molecule has 0 rings (SSSR count). The second-order valence-electron chi connectivity index (χ2n) is 3.93. The van der Waals surface area contributed by atoms with Crippen molar-refractivity contribution >= 4 is 11.9 Å². The van der Waals surface area contributed by atoms with Crippen LogP contribution in [0.4, 0.5) is 13.2 Å². The van der Waals surface area contributed by atoms with Crippen LogP contribution in [0.25, 0.3) is 0 Å². The van der Waals surface area contributed by atoms with Gasteiger partial charge in [0.2, 0.25) is 5.91 Å². The SMILES string of the molecule is CC(C(=O)O)C(C)C(=O)NCCCC(F)(F)F. The smallest absolute Gasteiger partial charge is 0.389 e. The number of carbonyl (C=O) groups is 2. The van der Waals surface area contributed by atoms with Gasteiger partial charge in [-0.05, 0) is 6.42 Å². The first-order valence-corrected chi connectivity index (χ1v) is 5.22. The summed E-state index contributed by atoms with van der Waals surface area (Å²) in [5.74, 6) is -3.28. The van der Waals surface area contributed by atoms with Crippen molar-refractivity contribution in [3.05, 3.63) is 0 Å². The highest BCUT2D eigenvalue weighted by Crippen LogP contribution is 2.20. The first kappa shape index (κ1) is 15.7. The number of aliphatic carboxylic acids is 1. The summed E-state index contributed by atoms with van der Waals surface area (Å²) in [6.45, 7) is 2.70. The monoisotopic (exact) mass is 255 g/mol. The molecule has 0 spiro atoms. The van der Waals surface area contributed by atoms with E-state index in [0.717, 1.165) is 0 Å². The van der Waals surface area contributed by atoms with Gasteiger partial charge in [-0.15, -0.1) is 0 Å².